The maximum absolute atomic E-state index is 10.9. The zero-order valence-corrected chi connectivity index (χ0v) is 12.4. The fourth-order valence-electron chi connectivity index (χ4n) is 2.08. The molecule has 0 aliphatic rings. The largest absolute Gasteiger partial charge is 0.480 e. The highest BCUT2D eigenvalue weighted by molar-refractivity contribution is 8.00. The summed E-state index contributed by atoms with van der Waals surface area (Å²) in [6.45, 7) is 3.70. The first kappa shape index (κ1) is 13.8. The van der Waals surface area contributed by atoms with Crippen LogP contribution in [0.1, 0.15) is 19.4 Å². The summed E-state index contributed by atoms with van der Waals surface area (Å²) in [5, 5.41) is 17.9. The average Bonchev–Trinajstić information content (AvgIpc) is 2.83. The summed E-state index contributed by atoms with van der Waals surface area (Å²) in [4.78, 5) is 18.4. The number of aromatic nitrogens is 4. The Bertz CT molecular complexity index is 830. The number of aromatic amines is 1. The van der Waals surface area contributed by atoms with Gasteiger partial charge >= 0.3 is 5.97 Å². The average molecular weight is 302 g/mol. The number of H-pyrrole nitrogens is 1. The number of carboxylic acid groups (broad SMARTS) is 1. The highest BCUT2D eigenvalue weighted by Gasteiger charge is 2.16. The first-order valence-corrected chi connectivity index (χ1v) is 7.51. The molecule has 6 nitrogen and oxygen atoms in total. The number of rotatable bonds is 4. The predicted molar refractivity (Wildman–Crippen MR) is 81.5 cm³/mol. The number of carbonyl (C=O) groups is 1. The molecule has 108 valence electrons. The van der Waals surface area contributed by atoms with E-state index in [0.29, 0.717) is 16.3 Å². The molecule has 0 spiro atoms. The molecule has 0 saturated carbocycles. The molecule has 2 N–H and O–H groups in total. The molecule has 0 amide bonds. The van der Waals surface area contributed by atoms with Crippen molar-refractivity contribution in [3.63, 3.8) is 0 Å². The van der Waals surface area contributed by atoms with Crippen molar-refractivity contribution in [1.29, 1.82) is 0 Å². The van der Waals surface area contributed by atoms with Crippen molar-refractivity contribution in [3.8, 4) is 0 Å². The standard InChI is InChI=1S/C14H14N4O2S/c1-3-8-4-5-10-9(6-8)11-12(15-10)16-14(18-17-11)21-7(2)13(19)20/h4-7H,3H2,1-2H3,(H,19,20)(H,15,16,18). The van der Waals surface area contributed by atoms with E-state index in [0.717, 1.165) is 29.1 Å². The van der Waals surface area contributed by atoms with Gasteiger partial charge in [-0.3, -0.25) is 4.79 Å². The van der Waals surface area contributed by atoms with E-state index in [-0.39, 0.29) is 0 Å². The van der Waals surface area contributed by atoms with E-state index >= 15 is 0 Å². The lowest BCUT2D eigenvalue weighted by atomic mass is 10.1. The molecule has 1 unspecified atom stereocenters. The minimum atomic E-state index is -0.895. The van der Waals surface area contributed by atoms with Crippen molar-refractivity contribution >= 4 is 39.8 Å². The molecule has 0 aliphatic heterocycles. The Morgan fingerprint density at radius 1 is 1.43 bits per heavy atom. The molecule has 0 bridgehead atoms. The lowest BCUT2D eigenvalue weighted by Gasteiger charge is -2.02. The van der Waals surface area contributed by atoms with Crippen LogP contribution in [0.5, 0.6) is 0 Å². The van der Waals surface area contributed by atoms with Gasteiger partial charge in [-0.2, -0.15) is 0 Å². The molecule has 2 heterocycles. The Labute approximate surface area is 125 Å². The number of benzene rings is 1. The van der Waals surface area contributed by atoms with Crippen molar-refractivity contribution in [1.82, 2.24) is 20.2 Å². The fourth-order valence-corrected chi connectivity index (χ4v) is 2.73. The van der Waals surface area contributed by atoms with Gasteiger partial charge in [-0.15, -0.1) is 10.2 Å². The third-order valence-corrected chi connectivity index (χ3v) is 4.24. The number of nitrogens with zero attached hydrogens (tertiary/aromatic N) is 3. The van der Waals surface area contributed by atoms with E-state index in [1.165, 1.54) is 5.56 Å². The molecule has 3 aromatic rings. The van der Waals surface area contributed by atoms with Gasteiger partial charge in [0.1, 0.15) is 10.8 Å². The Hall–Kier alpha value is -2.15. The molecular weight excluding hydrogens is 288 g/mol. The SMILES string of the molecule is CCc1ccc2[nH]c3nc(SC(C)C(=O)O)nnc3c2c1. The summed E-state index contributed by atoms with van der Waals surface area (Å²) in [6, 6.07) is 6.15. The number of thioether (sulfide) groups is 1. The smallest absolute Gasteiger partial charge is 0.316 e. The summed E-state index contributed by atoms with van der Waals surface area (Å²) in [5.74, 6) is -0.895. The Balaban J connectivity index is 2.06. The number of aliphatic carboxylic acids is 1. The molecular formula is C14H14N4O2S. The van der Waals surface area contributed by atoms with Gasteiger partial charge in [0.15, 0.2) is 5.65 Å². The highest BCUT2D eigenvalue weighted by Crippen LogP contribution is 2.26. The second kappa shape index (κ2) is 5.33. The van der Waals surface area contributed by atoms with E-state index in [1.807, 2.05) is 6.07 Å². The van der Waals surface area contributed by atoms with Crippen LogP contribution >= 0.6 is 11.8 Å². The quantitative estimate of drug-likeness (QED) is 0.720. The maximum atomic E-state index is 10.9. The fraction of sp³-hybridized carbons (Fsp3) is 0.286. The maximum Gasteiger partial charge on any atom is 0.316 e. The summed E-state index contributed by atoms with van der Waals surface area (Å²) in [6.07, 6.45) is 0.952. The number of hydrogen-bond acceptors (Lipinski definition) is 5. The molecule has 0 saturated heterocycles. The number of hydrogen-bond donors (Lipinski definition) is 2. The van der Waals surface area contributed by atoms with Crippen LogP contribution in [0.3, 0.4) is 0 Å². The van der Waals surface area contributed by atoms with Crippen LogP contribution in [-0.2, 0) is 11.2 Å². The summed E-state index contributed by atoms with van der Waals surface area (Å²) >= 11 is 1.08. The number of fused-ring (bicyclic) bond motifs is 3. The van der Waals surface area contributed by atoms with Gasteiger partial charge in [0.2, 0.25) is 5.16 Å². The number of nitrogens with one attached hydrogen (secondary N) is 1. The number of aryl methyl sites for hydroxylation is 1. The van der Waals surface area contributed by atoms with Crippen molar-refractivity contribution < 1.29 is 9.90 Å². The van der Waals surface area contributed by atoms with Crippen molar-refractivity contribution in [2.45, 2.75) is 30.7 Å². The van der Waals surface area contributed by atoms with Gasteiger partial charge in [-0.1, -0.05) is 24.8 Å². The molecule has 21 heavy (non-hydrogen) atoms. The Morgan fingerprint density at radius 3 is 2.95 bits per heavy atom. The normalized spacial score (nSPS) is 12.9. The monoisotopic (exact) mass is 302 g/mol. The van der Waals surface area contributed by atoms with Crippen molar-refractivity contribution in [2.24, 2.45) is 0 Å². The summed E-state index contributed by atoms with van der Waals surface area (Å²) in [5.41, 5.74) is 3.53. The van der Waals surface area contributed by atoms with E-state index in [9.17, 15) is 4.79 Å². The molecule has 3 rings (SSSR count). The first-order chi connectivity index (χ1) is 10.1. The third-order valence-electron chi connectivity index (χ3n) is 3.30. The Kier molecular flexibility index (Phi) is 3.50. The van der Waals surface area contributed by atoms with Crippen LogP contribution in [0.15, 0.2) is 23.4 Å². The predicted octanol–water partition coefficient (Wildman–Crippen LogP) is 2.63. The molecule has 0 radical (unpaired) electrons. The van der Waals surface area contributed by atoms with Crippen LogP contribution in [0.2, 0.25) is 0 Å². The van der Waals surface area contributed by atoms with E-state index in [4.69, 9.17) is 5.11 Å². The molecule has 1 atom stereocenters. The molecule has 0 fully saturated rings. The molecule has 7 heteroatoms. The lowest BCUT2D eigenvalue weighted by Crippen LogP contribution is -2.12. The second-order valence-electron chi connectivity index (χ2n) is 4.75. The first-order valence-electron chi connectivity index (χ1n) is 6.63. The topological polar surface area (TPSA) is 91.8 Å². The van der Waals surface area contributed by atoms with Gasteiger partial charge < -0.3 is 10.1 Å². The lowest BCUT2D eigenvalue weighted by molar-refractivity contribution is -0.136. The Morgan fingerprint density at radius 2 is 2.24 bits per heavy atom. The van der Waals surface area contributed by atoms with Gasteiger partial charge in [0, 0.05) is 10.9 Å². The van der Waals surface area contributed by atoms with Crippen LogP contribution in [0, 0.1) is 0 Å². The zero-order valence-electron chi connectivity index (χ0n) is 11.6. The van der Waals surface area contributed by atoms with Crippen molar-refractivity contribution in [2.75, 3.05) is 0 Å². The van der Waals surface area contributed by atoms with Crippen LogP contribution in [0.25, 0.3) is 22.1 Å². The minimum absolute atomic E-state index is 0.361. The molecule has 0 aliphatic carbocycles. The van der Waals surface area contributed by atoms with Gasteiger partial charge in [0.25, 0.3) is 0 Å². The van der Waals surface area contributed by atoms with Gasteiger partial charge in [0.05, 0.1) is 0 Å². The van der Waals surface area contributed by atoms with Crippen LogP contribution in [-0.4, -0.2) is 36.5 Å². The minimum Gasteiger partial charge on any atom is -0.480 e. The van der Waals surface area contributed by atoms with E-state index < -0.39 is 11.2 Å². The number of carboxylic acids is 1. The van der Waals surface area contributed by atoms with Gasteiger partial charge in [-0.25, -0.2) is 4.98 Å². The van der Waals surface area contributed by atoms with Crippen molar-refractivity contribution in [3.05, 3.63) is 23.8 Å². The van der Waals surface area contributed by atoms with Gasteiger partial charge in [-0.05, 0) is 31.0 Å². The summed E-state index contributed by atoms with van der Waals surface area (Å²) in [7, 11) is 0. The molecule has 1 aromatic carbocycles. The highest BCUT2D eigenvalue weighted by atomic mass is 32.2. The molecule has 2 aromatic heterocycles. The van der Waals surface area contributed by atoms with Crippen LogP contribution < -0.4 is 0 Å². The van der Waals surface area contributed by atoms with E-state index in [1.54, 1.807) is 6.92 Å². The van der Waals surface area contributed by atoms with Crippen LogP contribution in [0.4, 0.5) is 0 Å². The third kappa shape index (κ3) is 2.56. The second-order valence-corrected chi connectivity index (χ2v) is 6.06. The zero-order chi connectivity index (χ0) is 15.0. The van der Waals surface area contributed by atoms with E-state index in [2.05, 4.69) is 39.2 Å². The summed E-state index contributed by atoms with van der Waals surface area (Å²) < 4.78 is 0.